The summed E-state index contributed by atoms with van der Waals surface area (Å²) in [5.74, 6) is 1.35. The third kappa shape index (κ3) is 1.88. The molecule has 0 spiro atoms. The first-order valence-electron chi connectivity index (χ1n) is 7.25. The van der Waals surface area contributed by atoms with Gasteiger partial charge in [0, 0.05) is 12.0 Å². The largest absolute Gasteiger partial charge is 0.411 e. The number of rotatable bonds is 2. The van der Waals surface area contributed by atoms with Crippen LogP contribution in [-0.2, 0) is 0 Å². The minimum absolute atomic E-state index is 0.446. The highest BCUT2D eigenvalue weighted by molar-refractivity contribution is 5.94. The van der Waals surface area contributed by atoms with Crippen LogP contribution in [0.15, 0.2) is 5.16 Å². The molecule has 17 heavy (non-hydrogen) atoms. The Morgan fingerprint density at radius 2 is 1.88 bits per heavy atom. The molecule has 3 rings (SSSR count). The summed E-state index contributed by atoms with van der Waals surface area (Å²) in [5, 5.41) is 12.9. The van der Waals surface area contributed by atoms with Crippen molar-refractivity contribution < 1.29 is 5.21 Å². The Kier molecular flexibility index (Phi) is 3.12. The molecule has 0 amide bonds. The van der Waals surface area contributed by atoms with Gasteiger partial charge in [0.25, 0.3) is 0 Å². The molecule has 3 saturated carbocycles. The molecule has 3 fully saturated rings. The van der Waals surface area contributed by atoms with Gasteiger partial charge in [-0.25, -0.2) is 0 Å². The minimum Gasteiger partial charge on any atom is -0.411 e. The SMILES string of the molecule is CN(C1CCCCC1)[C@H]1/C(=N\O)[C@H]2CC[C@H]1C2. The van der Waals surface area contributed by atoms with Crippen LogP contribution < -0.4 is 0 Å². The first-order valence-corrected chi connectivity index (χ1v) is 7.25. The topological polar surface area (TPSA) is 35.8 Å². The van der Waals surface area contributed by atoms with E-state index in [1.54, 1.807) is 0 Å². The predicted molar refractivity (Wildman–Crippen MR) is 68.5 cm³/mol. The Hall–Kier alpha value is -0.570. The molecule has 0 aromatic heterocycles. The van der Waals surface area contributed by atoms with Crippen molar-refractivity contribution in [3.63, 3.8) is 0 Å². The zero-order chi connectivity index (χ0) is 11.8. The van der Waals surface area contributed by atoms with Crippen LogP contribution >= 0.6 is 0 Å². The molecule has 1 N–H and O–H groups in total. The van der Waals surface area contributed by atoms with Gasteiger partial charge in [0.1, 0.15) is 0 Å². The maximum atomic E-state index is 9.27. The Bertz CT molecular complexity index is 309. The van der Waals surface area contributed by atoms with Crippen molar-refractivity contribution in [2.45, 2.75) is 63.5 Å². The maximum absolute atomic E-state index is 9.27. The summed E-state index contributed by atoms with van der Waals surface area (Å²) >= 11 is 0. The summed E-state index contributed by atoms with van der Waals surface area (Å²) in [7, 11) is 2.26. The van der Waals surface area contributed by atoms with Crippen LogP contribution in [0, 0.1) is 11.8 Å². The molecular weight excluding hydrogens is 212 g/mol. The van der Waals surface area contributed by atoms with Gasteiger partial charge in [-0.2, -0.15) is 0 Å². The lowest BCUT2D eigenvalue weighted by Gasteiger charge is -2.39. The van der Waals surface area contributed by atoms with Crippen LogP contribution in [0.2, 0.25) is 0 Å². The Balaban J connectivity index is 1.74. The zero-order valence-corrected chi connectivity index (χ0v) is 10.8. The number of nitrogens with zero attached hydrogens (tertiary/aromatic N) is 2. The molecule has 0 aromatic carbocycles. The Morgan fingerprint density at radius 3 is 2.59 bits per heavy atom. The summed E-state index contributed by atoms with van der Waals surface area (Å²) in [4.78, 5) is 2.54. The van der Waals surface area contributed by atoms with Crippen LogP contribution in [0.25, 0.3) is 0 Å². The fourth-order valence-corrected chi connectivity index (χ4v) is 4.45. The summed E-state index contributed by atoms with van der Waals surface area (Å²) < 4.78 is 0. The number of hydrogen-bond donors (Lipinski definition) is 1. The molecular formula is C14H24N2O. The Morgan fingerprint density at radius 1 is 1.12 bits per heavy atom. The number of fused-ring (bicyclic) bond motifs is 2. The first-order chi connectivity index (χ1) is 8.31. The lowest BCUT2D eigenvalue weighted by molar-refractivity contribution is 0.138. The second kappa shape index (κ2) is 4.60. The van der Waals surface area contributed by atoms with Crippen molar-refractivity contribution in [1.29, 1.82) is 0 Å². The van der Waals surface area contributed by atoms with Gasteiger partial charge in [-0.15, -0.1) is 0 Å². The third-order valence-electron chi connectivity index (χ3n) is 5.35. The summed E-state index contributed by atoms with van der Waals surface area (Å²) in [6.45, 7) is 0. The first kappa shape index (κ1) is 11.5. The van der Waals surface area contributed by atoms with Gasteiger partial charge < -0.3 is 5.21 Å². The van der Waals surface area contributed by atoms with Crippen molar-refractivity contribution >= 4 is 5.71 Å². The summed E-state index contributed by atoms with van der Waals surface area (Å²) in [5.41, 5.74) is 1.09. The quantitative estimate of drug-likeness (QED) is 0.591. The second-order valence-electron chi connectivity index (χ2n) is 6.20. The summed E-state index contributed by atoms with van der Waals surface area (Å²) in [6, 6.07) is 1.17. The molecule has 0 radical (unpaired) electrons. The number of hydrogen-bond acceptors (Lipinski definition) is 3. The molecule has 0 aliphatic heterocycles. The van der Waals surface area contributed by atoms with Gasteiger partial charge in [-0.05, 0) is 45.1 Å². The lowest BCUT2D eigenvalue weighted by atomic mass is 9.88. The van der Waals surface area contributed by atoms with Gasteiger partial charge in [-0.1, -0.05) is 24.4 Å². The molecule has 0 aromatic rings. The van der Waals surface area contributed by atoms with Crippen molar-refractivity contribution in [1.82, 2.24) is 4.90 Å². The van der Waals surface area contributed by atoms with Gasteiger partial charge in [0.2, 0.25) is 0 Å². The smallest absolute Gasteiger partial charge is 0.0775 e. The predicted octanol–water partition coefficient (Wildman–Crippen LogP) is 2.88. The monoisotopic (exact) mass is 236 g/mol. The third-order valence-corrected chi connectivity index (χ3v) is 5.35. The maximum Gasteiger partial charge on any atom is 0.0775 e. The van der Waals surface area contributed by atoms with E-state index in [0.29, 0.717) is 12.0 Å². The molecule has 96 valence electrons. The van der Waals surface area contributed by atoms with E-state index in [0.717, 1.165) is 17.7 Å². The highest BCUT2D eigenvalue weighted by Gasteiger charge is 2.48. The van der Waals surface area contributed by atoms with Crippen LogP contribution in [-0.4, -0.2) is 35.0 Å². The van der Waals surface area contributed by atoms with Crippen LogP contribution in [0.4, 0.5) is 0 Å². The molecule has 3 atom stereocenters. The van der Waals surface area contributed by atoms with E-state index in [2.05, 4.69) is 17.1 Å². The molecule has 0 heterocycles. The van der Waals surface area contributed by atoms with E-state index >= 15 is 0 Å². The average molecular weight is 236 g/mol. The van der Waals surface area contributed by atoms with E-state index in [-0.39, 0.29) is 0 Å². The molecule has 3 aliphatic rings. The standard InChI is InChI=1S/C14H24N2O/c1-16(12-5-3-2-4-6-12)14-11-8-7-10(9-11)13(14)15-17/h10-12,14,17H,2-9H2,1H3/b15-13-/t10-,11-,14+/m0/s1. The van der Waals surface area contributed by atoms with E-state index in [9.17, 15) is 5.21 Å². The normalized spacial score (nSPS) is 40.6. The van der Waals surface area contributed by atoms with E-state index in [1.807, 2.05) is 0 Å². The van der Waals surface area contributed by atoms with E-state index < -0.39 is 0 Å². The molecule has 3 aliphatic carbocycles. The Labute approximate surface area is 104 Å². The zero-order valence-electron chi connectivity index (χ0n) is 10.8. The fraction of sp³-hybridized carbons (Fsp3) is 0.929. The van der Waals surface area contributed by atoms with Crippen molar-refractivity contribution in [2.75, 3.05) is 7.05 Å². The van der Waals surface area contributed by atoms with Crippen LogP contribution in [0.5, 0.6) is 0 Å². The van der Waals surface area contributed by atoms with Gasteiger partial charge in [0.15, 0.2) is 0 Å². The molecule has 3 nitrogen and oxygen atoms in total. The van der Waals surface area contributed by atoms with Crippen molar-refractivity contribution in [2.24, 2.45) is 17.0 Å². The minimum atomic E-state index is 0.446. The van der Waals surface area contributed by atoms with Crippen LogP contribution in [0.3, 0.4) is 0 Å². The van der Waals surface area contributed by atoms with Gasteiger partial charge in [0.05, 0.1) is 11.8 Å². The number of oxime groups is 1. The highest BCUT2D eigenvalue weighted by atomic mass is 16.4. The lowest BCUT2D eigenvalue weighted by Crippen LogP contribution is -2.48. The van der Waals surface area contributed by atoms with Crippen molar-refractivity contribution in [3.05, 3.63) is 0 Å². The van der Waals surface area contributed by atoms with E-state index in [4.69, 9.17) is 0 Å². The fourth-order valence-electron chi connectivity index (χ4n) is 4.45. The molecule has 0 unspecified atom stereocenters. The van der Waals surface area contributed by atoms with E-state index in [1.165, 1.54) is 51.4 Å². The highest BCUT2D eigenvalue weighted by Crippen LogP contribution is 2.45. The molecule has 3 heteroatoms. The van der Waals surface area contributed by atoms with Crippen LogP contribution in [0.1, 0.15) is 51.4 Å². The van der Waals surface area contributed by atoms with Gasteiger partial charge in [-0.3, -0.25) is 4.90 Å². The summed E-state index contributed by atoms with van der Waals surface area (Å²) in [6.07, 6.45) is 10.7. The van der Waals surface area contributed by atoms with Crippen molar-refractivity contribution in [3.8, 4) is 0 Å². The van der Waals surface area contributed by atoms with Gasteiger partial charge >= 0.3 is 0 Å². The molecule has 0 saturated heterocycles. The molecule has 2 bridgehead atoms. The average Bonchev–Trinajstić information content (AvgIpc) is 2.98. The second-order valence-corrected chi connectivity index (χ2v) is 6.20.